The van der Waals surface area contributed by atoms with Crippen LogP contribution in [0.2, 0.25) is 0 Å². The molecule has 0 aliphatic rings. The van der Waals surface area contributed by atoms with Crippen LogP contribution in [-0.4, -0.2) is 29.1 Å². The molecule has 2 aromatic rings. The van der Waals surface area contributed by atoms with Crippen molar-refractivity contribution in [3.8, 4) is 0 Å². The Hall–Kier alpha value is -2.61. The number of anilines is 1. The summed E-state index contributed by atoms with van der Waals surface area (Å²) in [5, 5.41) is 16.5. The third kappa shape index (κ3) is 3.93. The Kier molecular flexibility index (Phi) is 4.39. The molecule has 0 aliphatic heterocycles. The summed E-state index contributed by atoms with van der Waals surface area (Å²) in [7, 11) is 0. The van der Waals surface area contributed by atoms with Crippen molar-refractivity contribution in [3.05, 3.63) is 29.6 Å². The molecule has 110 valence electrons. The number of rotatable bonds is 5. The van der Waals surface area contributed by atoms with Gasteiger partial charge in [0.05, 0.1) is 6.42 Å². The van der Waals surface area contributed by atoms with Gasteiger partial charge < -0.3 is 21.5 Å². The monoisotopic (exact) mass is 307 g/mol. The molecule has 0 bridgehead atoms. The van der Waals surface area contributed by atoms with Crippen LogP contribution in [0.3, 0.4) is 0 Å². The molecule has 21 heavy (non-hydrogen) atoms. The van der Waals surface area contributed by atoms with Gasteiger partial charge in [-0.15, -0.1) is 11.3 Å². The van der Waals surface area contributed by atoms with E-state index in [-0.39, 0.29) is 0 Å². The van der Waals surface area contributed by atoms with Gasteiger partial charge in [0, 0.05) is 10.4 Å². The maximum atomic E-state index is 11.7. The lowest BCUT2D eigenvalue weighted by Crippen LogP contribution is -2.45. The molecule has 3 amide bonds. The van der Waals surface area contributed by atoms with E-state index in [9.17, 15) is 14.4 Å². The zero-order valence-electron chi connectivity index (χ0n) is 10.8. The molecular weight excluding hydrogens is 294 g/mol. The van der Waals surface area contributed by atoms with Crippen LogP contribution in [0.25, 0.3) is 10.1 Å². The van der Waals surface area contributed by atoms with Crippen molar-refractivity contribution in [2.75, 3.05) is 5.32 Å². The smallest absolute Gasteiger partial charge is 0.326 e. The highest BCUT2D eigenvalue weighted by molar-refractivity contribution is 7.17. The maximum absolute atomic E-state index is 11.7. The SMILES string of the molecule is NC(=O)C[C@H](NC(=O)Nc1ccc2sccc2c1)C(=O)O. The van der Waals surface area contributed by atoms with Crippen molar-refractivity contribution in [3.63, 3.8) is 0 Å². The summed E-state index contributed by atoms with van der Waals surface area (Å²) < 4.78 is 1.08. The Balaban J connectivity index is 2.02. The van der Waals surface area contributed by atoms with Crippen molar-refractivity contribution in [1.29, 1.82) is 0 Å². The summed E-state index contributed by atoms with van der Waals surface area (Å²) in [6.07, 6.45) is -0.466. The van der Waals surface area contributed by atoms with Gasteiger partial charge in [-0.25, -0.2) is 9.59 Å². The lowest BCUT2D eigenvalue weighted by molar-refractivity contribution is -0.140. The lowest BCUT2D eigenvalue weighted by atomic mass is 10.2. The molecule has 2 rings (SSSR count). The highest BCUT2D eigenvalue weighted by Crippen LogP contribution is 2.23. The van der Waals surface area contributed by atoms with Gasteiger partial charge in [0.2, 0.25) is 5.91 Å². The van der Waals surface area contributed by atoms with Crippen LogP contribution in [-0.2, 0) is 9.59 Å². The fourth-order valence-electron chi connectivity index (χ4n) is 1.77. The van der Waals surface area contributed by atoms with Crippen molar-refractivity contribution >= 4 is 45.0 Å². The van der Waals surface area contributed by atoms with E-state index in [4.69, 9.17) is 10.8 Å². The Bertz CT molecular complexity index is 698. The van der Waals surface area contributed by atoms with Gasteiger partial charge in [-0.2, -0.15) is 0 Å². The van der Waals surface area contributed by atoms with Crippen LogP contribution in [0.4, 0.5) is 10.5 Å². The zero-order valence-corrected chi connectivity index (χ0v) is 11.6. The number of benzene rings is 1. The second-order valence-corrected chi connectivity index (χ2v) is 5.28. The number of aliphatic carboxylic acids is 1. The first-order chi connectivity index (χ1) is 9.95. The van der Waals surface area contributed by atoms with Gasteiger partial charge in [0.15, 0.2) is 0 Å². The van der Waals surface area contributed by atoms with Crippen molar-refractivity contribution in [1.82, 2.24) is 5.32 Å². The number of urea groups is 1. The van der Waals surface area contributed by atoms with Gasteiger partial charge in [-0.3, -0.25) is 4.79 Å². The van der Waals surface area contributed by atoms with E-state index in [0.717, 1.165) is 10.1 Å². The molecule has 0 aliphatic carbocycles. The molecule has 0 saturated heterocycles. The minimum atomic E-state index is -1.35. The van der Waals surface area contributed by atoms with Crippen LogP contribution in [0.5, 0.6) is 0 Å². The molecule has 0 saturated carbocycles. The summed E-state index contributed by atoms with van der Waals surface area (Å²) in [4.78, 5) is 33.4. The number of carbonyl (C=O) groups excluding carboxylic acids is 2. The molecule has 0 fully saturated rings. The summed E-state index contributed by atoms with van der Waals surface area (Å²) in [5.41, 5.74) is 5.47. The second kappa shape index (κ2) is 6.23. The molecule has 7 nitrogen and oxygen atoms in total. The highest BCUT2D eigenvalue weighted by Gasteiger charge is 2.22. The summed E-state index contributed by atoms with van der Waals surface area (Å²) in [6, 6.07) is 5.19. The number of hydrogen-bond acceptors (Lipinski definition) is 4. The third-order valence-corrected chi connectivity index (χ3v) is 3.62. The number of amides is 3. The molecule has 1 aromatic heterocycles. The Labute approximate surface area is 123 Å². The molecular formula is C13H13N3O4S. The minimum Gasteiger partial charge on any atom is -0.480 e. The topological polar surface area (TPSA) is 122 Å². The number of fused-ring (bicyclic) bond motifs is 1. The lowest BCUT2D eigenvalue weighted by Gasteiger charge is -2.13. The van der Waals surface area contributed by atoms with Gasteiger partial charge in [0.1, 0.15) is 6.04 Å². The quantitative estimate of drug-likeness (QED) is 0.666. The highest BCUT2D eigenvalue weighted by atomic mass is 32.1. The molecule has 1 heterocycles. The minimum absolute atomic E-state index is 0.466. The molecule has 0 radical (unpaired) electrons. The van der Waals surface area contributed by atoms with Crippen molar-refractivity contribution in [2.45, 2.75) is 12.5 Å². The van der Waals surface area contributed by atoms with Gasteiger partial charge in [-0.1, -0.05) is 0 Å². The number of nitrogens with one attached hydrogen (secondary N) is 2. The first kappa shape index (κ1) is 14.8. The predicted molar refractivity (Wildman–Crippen MR) is 79.2 cm³/mol. The van der Waals surface area contributed by atoms with Crippen LogP contribution in [0, 0.1) is 0 Å². The van der Waals surface area contributed by atoms with Gasteiger partial charge >= 0.3 is 12.0 Å². The number of carboxylic acid groups (broad SMARTS) is 1. The van der Waals surface area contributed by atoms with Crippen LogP contribution in [0.15, 0.2) is 29.6 Å². The van der Waals surface area contributed by atoms with E-state index < -0.39 is 30.4 Å². The average molecular weight is 307 g/mol. The first-order valence-corrected chi connectivity index (χ1v) is 6.89. The van der Waals surface area contributed by atoms with Gasteiger partial charge in [-0.05, 0) is 35.0 Å². The molecule has 5 N–H and O–H groups in total. The standard InChI is InChI=1S/C13H13N3O4S/c14-11(17)6-9(12(18)19)16-13(20)15-8-1-2-10-7(5-8)3-4-21-10/h1-5,9H,6H2,(H2,14,17)(H,18,19)(H2,15,16,20)/t9-/m0/s1. The van der Waals surface area contributed by atoms with E-state index >= 15 is 0 Å². The average Bonchev–Trinajstić information content (AvgIpc) is 2.84. The first-order valence-electron chi connectivity index (χ1n) is 6.01. The largest absolute Gasteiger partial charge is 0.480 e. The van der Waals surface area contributed by atoms with Crippen LogP contribution < -0.4 is 16.4 Å². The molecule has 0 unspecified atom stereocenters. The number of carbonyl (C=O) groups is 3. The Morgan fingerprint density at radius 1 is 1.29 bits per heavy atom. The molecule has 0 spiro atoms. The van der Waals surface area contributed by atoms with Crippen molar-refractivity contribution in [2.24, 2.45) is 5.73 Å². The normalized spacial score (nSPS) is 11.8. The van der Waals surface area contributed by atoms with E-state index in [1.807, 2.05) is 17.5 Å². The van der Waals surface area contributed by atoms with Crippen LogP contribution >= 0.6 is 11.3 Å². The number of carboxylic acids is 1. The summed E-state index contributed by atoms with van der Waals surface area (Å²) in [6.45, 7) is 0. The fourth-order valence-corrected chi connectivity index (χ4v) is 2.54. The van der Waals surface area contributed by atoms with Crippen molar-refractivity contribution < 1.29 is 19.5 Å². The van der Waals surface area contributed by atoms with E-state index in [1.165, 1.54) is 0 Å². The zero-order chi connectivity index (χ0) is 15.4. The second-order valence-electron chi connectivity index (χ2n) is 4.33. The molecule has 1 atom stereocenters. The van der Waals surface area contributed by atoms with Gasteiger partial charge in [0.25, 0.3) is 0 Å². The van der Waals surface area contributed by atoms with E-state index in [2.05, 4.69) is 10.6 Å². The van der Waals surface area contributed by atoms with E-state index in [1.54, 1.807) is 23.5 Å². The van der Waals surface area contributed by atoms with Crippen LogP contribution in [0.1, 0.15) is 6.42 Å². The number of nitrogens with two attached hydrogens (primary N) is 1. The summed E-state index contributed by atoms with van der Waals surface area (Å²) in [5.74, 6) is -2.13. The molecule has 8 heteroatoms. The Morgan fingerprint density at radius 3 is 2.71 bits per heavy atom. The Morgan fingerprint density at radius 2 is 2.05 bits per heavy atom. The number of primary amides is 1. The summed E-state index contributed by atoms with van der Waals surface area (Å²) >= 11 is 1.58. The number of hydrogen-bond donors (Lipinski definition) is 4. The number of thiophene rings is 1. The predicted octanol–water partition coefficient (Wildman–Crippen LogP) is 1.35. The maximum Gasteiger partial charge on any atom is 0.326 e. The third-order valence-electron chi connectivity index (χ3n) is 2.72. The fraction of sp³-hybridized carbons (Fsp3) is 0.154. The van der Waals surface area contributed by atoms with E-state index in [0.29, 0.717) is 5.69 Å². The molecule has 1 aromatic carbocycles.